The average Bonchev–Trinajstić information content (AvgIpc) is 2.51. The Labute approximate surface area is 132 Å². The smallest absolute Gasteiger partial charge is 0.338 e. The second-order valence-electron chi connectivity index (χ2n) is 4.76. The molecule has 1 aromatic carbocycles. The molecule has 124 valence electrons. The summed E-state index contributed by atoms with van der Waals surface area (Å²) in [7, 11) is 2.83. The Morgan fingerprint density at radius 2 is 2.00 bits per heavy atom. The first-order valence-electron chi connectivity index (χ1n) is 6.63. The Morgan fingerprint density at radius 3 is 2.57 bits per heavy atom. The van der Waals surface area contributed by atoms with Gasteiger partial charge in [-0.15, -0.1) is 0 Å². The van der Waals surface area contributed by atoms with Crippen LogP contribution in [0.1, 0.15) is 15.9 Å². The number of benzene rings is 1. The molecule has 0 bridgehead atoms. The fourth-order valence-corrected chi connectivity index (χ4v) is 1.64. The number of carbonyl (C=O) groups excluding carboxylic acids is 3. The maximum atomic E-state index is 11.8. The average molecular weight is 323 g/mol. The van der Waals surface area contributed by atoms with Crippen LogP contribution in [0.2, 0.25) is 0 Å². The van der Waals surface area contributed by atoms with Crippen molar-refractivity contribution in [1.29, 1.82) is 0 Å². The van der Waals surface area contributed by atoms with Crippen LogP contribution in [0, 0.1) is 17.0 Å². The van der Waals surface area contributed by atoms with Gasteiger partial charge in [0.2, 0.25) is 5.91 Å². The van der Waals surface area contributed by atoms with Gasteiger partial charge in [0.25, 0.3) is 11.6 Å². The summed E-state index contributed by atoms with van der Waals surface area (Å²) >= 11 is 0. The predicted molar refractivity (Wildman–Crippen MR) is 79.8 cm³/mol. The first-order chi connectivity index (χ1) is 10.8. The van der Waals surface area contributed by atoms with Crippen molar-refractivity contribution in [2.24, 2.45) is 0 Å². The lowest BCUT2D eigenvalue weighted by molar-refractivity contribution is -0.385. The summed E-state index contributed by atoms with van der Waals surface area (Å²) < 4.78 is 4.82. The second kappa shape index (κ2) is 7.87. The van der Waals surface area contributed by atoms with Crippen molar-refractivity contribution in [2.45, 2.75) is 6.92 Å². The third kappa shape index (κ3) is 5.06. The number of hydrogen-bond acceptors (Lipinski definition) is 6. The Morgan fingerprint density at radius 1 is 1.35 bits per heavy atom. The summed E-state index contributed by atoms with van der Waals surface area (Å²) in [5, 5.41) is 13.2. The molecule has 0 saturated carbocycles. The monoisotopic (exact) mass is 323 g/mol. The van der Waals surface area contributed by atoms with Crippen LogP contribution < -0.4 is 5.32 Å². The molecule has 0 aromatic heterocycles. The zero-order chi connectivity index (χ0) is 17.6. The van der Waals surface area contributed by atoms with E-state index in [-0.39, 0.29) is 23.7 Å². The van der Waals surface area contributed by atoms with Crippen molar-refractivity contribution in [3.05, 3.63) is 39.4 Å². The minimum atomic E-state index is -0.852. The van der Waals surface area contributed by atoms with E-state index in [1.807, 2.05) is 0 Å². The van der Waals surface area contributed by atoms with Gasteiger partial charge < -0.3 is 15.0 Å². The minimum Gasteiger partial charge on any atom is -0.452 e. The van der Waals surface area contributed by atoms with Crippen molar-refractivity contribution < 1.29 is 24.0 Å². The highest BCUT2D eigenvalue weighted by atomic mass is 16.6. The molecule has 0 atom stereocenters. The summed E-state index contributed by atoms with van der Waals surface area (Å²) in [6.45, 7) is 0.821. The molecule has 0 aliphatic carbocycles. The van der Waals surface area contributed by atoms with E-state index in [1.54, 1.807) is 6.92 Å². The van der Waals surface area contributed by atoms with E-state index in [0.717, 1.165) is 11.0 Å². The minimum absolute atomic E-state index is 0.0240. The van der Waals surface area contributed by atoms with Crippen LogP contribution in [0.4, 0.5) is 5.69 Å². The summed E-state index contributed by atoms with van der Waals surface area (Å²) in [6.07, 6.45) is 0. The number of carbonyl (C=O) groups is 3. The largest absolute Gasteiger partial charge is 0.452 e. The standard InChI is InChI=1S/C14H17N3O6/c1-9-4-5-10(6-11(9)17(21)22)14(20)23-8-13(19)16(3)7-12(18)15-2/h4-6H,7-8H2,1-3H3,(H,15,18). The van der Waals surface area contributed by atoms with Crippen LogP contribution in [0.25, 0.3) is 0 Å². The lowest BCUT2D eigenvalue weighted by Crippen LogP contribution is -2.39. The van der Waals surface area contributed by atoms with Crippen molar-refractivity contribution in [2.75, 3.05) is 27.2 Å². The highest BCUT2D eigenvalue weighted by Crippen LogP contribution is 2.19. The van der Waals surface area contributed by atoms with Crippen LogP contribution >= 0.6 is 0 Å². The van der Waals surface area contributed by atoms with Gasteiger partial charge in [-0.2, -0.15) is 0 Å². The third-order valence-corrected chi connectivity index (χ3v) is 3.05. The Balaban J connectivity index is 2.67. The van der Waals surface area contributed by atoms with Crippen molar-refractivity contribution in [1.82, 2.24) is 10.2 Å². The molecule has 0 unspecified atom stereocenters. The van der Waals surface area contributed by atoms with Gasteiger partial charge in [0, 0.05) is 25.7 Å². The van der Waals surface area contributed by atoms with Gasteiger partial charge in [-0.05, 0) is 13.0 Å². The lowest BCUT2D eigenvalue weighted by atomic mass is 10.1. The number of aryl methyl sites for hydroxylation is 1. The van der Waals surface area contributed by atoms with Crippen LogP contribution in [0.5, 0.6) is 0 Å². The number of nitro groups is 1. The molecular formula is C14H17N3O6. The number of nitrogens with zero attached hydrogens (tertiary/aromatic N) is 2. The molecule has 2 amide bonds. The van der Waals surface area contributed by atoms with Gasteiger partial charge in [-0.25, -0.2) is 4.79 Å². The Kier molecular flexibility index (Phi) is 6.19. The Hall–Kier alpha value is -2.97. The SMILES string of the molecule is CNC(=O)CN(C)C(=O)COC(=O)c1ccc(C)c([N+](=O)[O-])c1. The molecule has 0 aliphatic rings. The van der Waals surface area contributed by atoms with Gasteiger partial charge in [-0.1, -0.05) is 6.07 Å². The van der Waals surface area contributed by atoms with Crippen molar-refractivity contribution >= 4 is 23.5 Å². The maximum absolute atomic E-state index is 11.8. The third-order valence-electron chi connectivity index (χ3n) is 3.05. The van der Waals surface area contributed by atoms with E-state index in [2.05, 4.69) is 5.32 Å². The first kappa shape index (κ1) is 18.1. The summed E-state index contributed by atoms with van der Waals surface area (Å²) in [5.74, 6) is -1.78. The normalized spacial score (nSPS) is 9.87. The predicted octanol–water partition coefficient (Wildman–Crippen LogP) is 0.264. The van der Waals surface area contributed by atoms with Crippen LogP contribution in [-0.4, -0.2) is 54.9 Å². The molecule has 0 spiro atoms. The molecule has 1 N–H and O–H groups in total. The van der Waals surface area contributed by atoms with Crippen molar-refractivity contribution in [3.8, 4) is 0 Å². The quantitative estimate of drug-likeness (QED) is 0.456. The summed E-state index contributed by atoms with van der Waals surface area (Å²) in [5.41, 5.74) is 0.180. The number of hydrogen-bond donors (Lipinski definition) is 1. The summed E-state index contributed by atoms with van der Waals surface area (Å²) in [6, 6.07) is 3.90. The van der Waals surface area contributed by atoms with Crippen LogP contribution in [0.15, 0.2) is 18.2 Å². The number of amides is 2. The first-order valence-corrected chi connectivity index (χ1v) is 6.63. The lowest BCUT2D eigenvalue weighted by Gasteiger charge is -2.15. The van der Waals surface area contributed by atoms with Gasteiger partial charge >= 0.3 is 5.97 Å². The van der Waals surface area contributed by atoms with Crippen molar-refractivity contribution in [3.63, 3.8) is 0 Å². The van der Waals surface area contributed by atoms with Gasteiger partial charge in [0.15, 0.2) is 6.61 Å². The highest BCUT2D eigenvalue weighted by molar-refractivity contribution is 5.92. The van der Waals surface area contributed by atoms with E-state index in [1.165, 1.54) is 26.2 Å². The number of esters is 1. The molecule has 9 heteroatoms. The second-order valence-corrected chi connectivity index (χ2v) is 4.76. The molecule has 0 fully saturated rings. The van der Waals surface area contributed by atoms with E-state index in [4.69, 9.17) is 4.74 Å². The van der Waals surface area contributed by atoms with E-state index < -0.39 is 23.4 Å². The molecule has 0 radical (unpaired) electrons. The number of ether oxygens (including phenoxy) is 1. The van der Waals surface area contributed by atoms with Gasteiger partial charge in [0.1, 0.15) is 0 Å². The topological polar surface area (TPSA) is 119 Å². The Bertz CT molecular complexity index is 643. The van der Waals surface area contributed by atoms with Crippen LogP contribution in [0.3, 0.4) is 0 Å². The fraction of sp³-hybridized carbons (Fsp3) is 0.357. The molecule has 23 heavy (non-hydrogen) atoms. The van der Waals surface area contributed by atoms with Gasteiger partial charge in [-0.3, -0.25) is 19.7 Å². The molecular weight excluding hydrogens is 306 g/mol. The number of nitrogens with one attached hydrogen (secondary N) is 1. The zero-order valence-corrected chi connectivity index (χ0v) is 13.0. The fourth-order valence-electron chi connectivity index (χ4n) is 1.64. The highest BCUT2D eigenvalue weighted by Gasteiger charge is 2.18. The number of nitro benzene ring substituents is 1. The van der Waals surface area contributed by atoms with E-state index in [0.29, 0.717) is 5.56 Å². The molecule has 1 aromatic rings. The number of rotatable bonds is 6. The molecule has 0 aliphatic heterocycles. The maximum Gasteiger partial charge on any atom is 0.338 e. The van der Waals surface area contributed by atoms with Gasteiger partial charge in [0.05, 0.1) is 17.0 Å². The molecule has 0 heterocycles. The van der Waals surface area contributed by atoms with E-state index in [9.17, 15) is 24.5 Å². The summed E-state index contributed by atoms with van der Waals surface area (Å²) in [4.78, 5) is 46.0. The molecule has 9 nitrogen and oxygen atoms in total. The van der Waals surface area contributed by atoms with Crippen LogP contribution in [-0.2, 0) is 14.3 Å². The van der Waals surface area contributed by atoms with E-state index >= 15 is 0 Å². The number of likely N-dealkylation sites (N-methyl/N-ethyl adjacent to an activating group) is 2. The molecule has 0 saturated heterocycles. The zero-order valence-electron chi connectivity index (χ0n) is 13.0. The molecule has 1 rings (SSSR count).